The van der Waals surface area contributed by atoms with E-state index >= 15 is 0 Å². The van der Waals surface area contributed by atoms with E-state index in [0.717, 1.165) is 12.2 Å². The first kappa shape index (κ1) is 9.45. The molecule has 0 aliphatic rings. The van der Waals surface area contributed by atoms with E-state index in [-0.39, 0.29) is 11.7 Å². The molecule has 0 fully saturated rings. The van der Waals surface area contributed by atoms with Gasteiger partial charge in [-0.2, -0.15) is 4.98 Å². The lowest BCUT2D eigenvalue weighted by atomic mass is 10.3. The number of carboxylic acid groups (broad SMARTS) is 1. The molecule has 0 aliphatic heterocycles. The van der Waals surface area contributed by atoms with E-state index in [1.54, 1.807) is 12.1 Å². The highest BCUT2D eigenvalue weighted by atomic mass is 16.5. The Morgan fingerprint density at radius 2 is 2.33 bits per heavy atom. The lowest BCUT2D eigenvalue weighted by Gasteiger charge is -1.86. The fraction of sp³-hybridized carbons (Fsp3) is 0.222. The summed E-state index contributed by atoms with van der Waals surface area (Å²) in [5, 5.41) is 11.9. The van der Waals surface area contributed by atoms with Gasteiger partial charge in [0.15, 0.2) is 5.76 Å². The van der Waals surface area contributed by atoms with Crippen molar-refractivity contribution in [3.63, 3.8) is 0 Å². The molecule has 2 aromatic heterocycles. The summed E-state index contributed by atoms with van der Waals surface area (Å²) in [6.45, 7) is 1.94. The van der Waals surface area contributed by atoms with Crippen molar-refractivity contribution < 1.29 is 18.8 Å². The molecule has 2 rings (SSSR count). The Morgan fingerprint density at radius 1 is 1.53 bits per heavy atom. The molecule has 6 heteroatoms. The van der Waals surface area contributed by atoms with Gasteiger partial charge in [-0.1, -0.05) is 6.92 Å². The zero-order valence-corrected chi connectivity index (χ0v) is 7.93. The fourth-order valence-electron chi connectivity index (χ4n) is 1.09. The molecule has 0 saturated heterocycles. The van der Waals surface area contributed by atoms with Crippen molar-refractivity contribution in [3.8, 4) is 11.7 Å². The first-order valence-corrected chi connectivity index (χ1v) is 4.36. The number of hydrogen-bond acceptors (Lipinski definition) is 5. The standard InChI is InChI=1S/C9H8N2O4/c1-2-5-3-4-6(14-5)8-10-7(9(12)13)11-15-8/h3-4H,2H2,1H3,(H,12,13). The van der Waals surface area contributed by atoms with Crippen molar-refractivity contribution in [2.75, 3.05) is 0 Å². The number of aryl methyl sites for hydroxylation is 1. The molecule has 0 spiro atoms. The van der Waals surface area contributed by atoms with Crippen LogP contribution in [0.2, 0.25) is 0 Å². The molecule has 0 saturated carbocycles. The summed E-state index contributed by atoms with van der Waals surface area (Å²) in [7, 11) is 0. The second-order valence-electron chi connectivity index (χ2n) is 2.85. The minimum absolute atomic E-state index is 0.0760. The number of aromatic carboxylic acids is 1. The molecule has 0 radical (unpaired) electrons. The minimum Gasteiger partial charge on any atom is -0.475 e. The number of rotatable bonds is 3. The number of aromatic nitrogens is 2. The van der Waals surface area contributed by atoms with Gasteiger partial charge in [0.1, 0.15) is 5.76 Å². The van der Waals surface area contributed by atoms with E-state index in [9.17, 15) is 4.79 Å². The Balaban J connectivity index is 2.32. The van der Waals surface area contributed by atoms with Crippen LogP contribution in [0.4, 0.5) is 0 Å². The van der Waals surface area contributed by atoms with Gasteiger partial charge in [0, 0.05) is 6.42 Å². The average molecular weight is 208 g/mol. The van der Waals surface area contributed by atoms with Crippen LogP contribution in [-0.4, -0.2) is 21.2 Å². The molecule has 0 bridgehead atoms. The highest BCUT2D eigenvalue weighted by Crippen LogP contribution is 2.20. The lowest BCUT2D eigenvalue weighted by molar-refractivity contribution is 0.0680. The predicted molar refractivity (Wildman–Crippen MR) is 48.3 cm³/mol. The van der Waals surface area contributed by atoms with Crippen LogP contribution in [0, 0.1) is 0 Å². The number of furan rings is 1. The summed E-state index contributed by atoms with van der Waals surface area (Å²) in [5.74, 6) is -0.370. The predicted octanol–water partition coefficient (Wildman–Crippen LogP) is 1.59. The molecule has 1 N–H and O–H groups in total. The maximum Gasteiger partial charge on any atom is 0.377 e. The first-order chi connectivity index (χ1) is 7.20. The summed E-state index contributed by atoms with van der Waals surface area (Å²) in [6.07, 6.45) is 0.750. The largest absolute Gasteiger partial charge is 0.475 e. The maximum atomic E-state index is 10.5. The third-order valence-electron chi connectivity index (χ3n) is 1.84. The minimum atomic E-state index is -1.23. The molecular formula is C9H8N2O4. The van der Waals surface area contributed by atoms with Gasteiger partial charge in [0.2, 0.25) is 0 Å². The van der Waals surface area contributed by atoms with E-state index < -0.39 is 5.97 Å². The van der Waals surface area contributed by atoms with Gasteiger partial charge >= 0.3 is 5.97 Å². The summed E-state index contributed by atoms with van der Waals surface area (Å²) >= 11 is 0. The Hall–Kier alpha value is -2.11. The Labute approximate surface area is 84.5 Å². The summed E-state index contributed by atoms with van der Waals surface area (Å²) < 4.78 is 10.1. The molecule has 0 amide bonds. The zero-order valence-electron chi connectivity index (χ0n) is 7.93. The Bertz CT molecular complexity index is 486. The molecule has 0 aromatic carbocycles. The zero-order chi connectivity index (χ0) is 10.8. The van der Waals surface area contributed by atoms with Crippen LogP contribution in [0.25, 0.3) is 11.7 Å². The van der Waals surface area contributed by atoms with Crippen LogP contribution in [0.3, 0.4) is 0 Å². The van der Waals surface area contributed by atoms with Gasteiger partial charge in [-0.15, -0.1) is 0 Å². The second-order valence-corrected chi connectivity index (χ2v) is 2.85. The van der Waals surface area contributed by atoms with E-state index in [0.29, 0.717) is 5.76 Å². The van der Waals surface area contributed by atoms with Crippen molar-refractivity contribution in [2.45, 2.75) is 13.3 Å². The average Bonchev–Trinajstić information content (AvgIpc) is 2.86. The molecule has 2 aromatic rings. The van der Waals surface area contributed by atoms with Gasteiger partial charge in [-0.3, -0.25) is 0 Å². The van der Waals surface area contributed by atoms with Crippen LogP contribution in [0.5, 0.6) is 0 Å². The quantitative estimate of drug-likeness (QED) is 0.823. The van der Waals surface area contributed by atoms with E-state index in [2.05, 4.69) is 10.1 Å². The Morgan fingerprint density at radius 3 is 2.87 bits per heavy atom. The SMILES string of the molecule is CCc1ccc(-c2nc(C(=O)O)no2)o1. The van der Waals surface area contributed by atoms with Crippen LogP contribution >= 0.6 is 0 Å². The molecule has 0 unspecified atom stereocenters. The third kappa shape index (κ3) is 1.74. The van der Waals surface area contributed by atoms with Gasteiger partial charge in [0.05, 0.1) is 0 Å². The summed E-state index contributed by atoms with van der Waals surface area (Å²) in [6, 6.07) is 3.44. The first-order valence-electron chi connectivity index (χ1n) is 4.36. The fourth-order valence-corrected chi connectivity index (χ4v) is 1.09. The van der Waals surface area contributed by atoms with Gasteiger partial charge in [0.25, 0.3) is 11.7 Å². The molecule has 15 heavy (non-hydrogen) atoms. The van der Waals surface area contributed by atoms with Crippen molar-refractivity contribution >= 4 is 5.97 Å². The molecule has 2 heterocycles. The van der Waals surface area contributed by atoms with Crippen molar-refractivity contribution in [1.82, 2.24) is 10.1 Å². The second kappa shape index (κ2) is 3.56. The smallest absolute Gasteiger partial charge is 0.377 e. The molecule has 0 aliphatic carbocycles. The number of carboxylic acids is 1. The third-order valence-corrected chi connectivity index (χ3v) is 1.84. The summed E-state index contributed by atoms with van der Waals surface area (Å²) in [4.78, 5) is 14.1. The van der Waals surface area contributed by atoms with Crippen molar-refractivity contribution in [2.24, 2.45) is 0 Å². The van der Waals surface area contributed by atoms with Gasteiger partial charge in [-0.25, -0.2) is 4.79 Å². The van der Waals surface area contributed by atoms with Crippen LogP contribution < -0.4 is 0 Å². The maximum absolute atomic E-state index is 10.5. The molecular weight excluding hydrogens is 200 g/mol. The van der Waals surface area contributed by atoms with E-state index in [1.807, 2.05) is 6.92 Å². The number of nitrogens with zero attached hydrogens (tertiary/aromatic N) is 2. The number of hydrogen-bond donors (Lipinski definition) is 1. The normalized spacial score (nSPS) is 10.5. The highest BCUT2D eigenvalue weighted by molar-refractivity contribution is 5.83. The Kier molecular flexibility index (Phi) is 2.24. The van der Waals surface area contributed by atoms with Crippen molar-refractivity contribution in [1.29, 1.82) is 0 Å². The van der Waals surface area contributed by atoms with Gasteiger partial charge in [-0.05, 0) is 17.3 Å². The van der Waals surface area contributed by atoms with Crippen LogP contribution in [0.1, 0.15) is 23.3 Å². The lowest BCUT2D eigenvalue weighted by Crippen LogP contribution is -1.98. The molecule has 0 atom stereocenters. The monoisotopic (exact) mass is 208 g/mol. The highest BCUT2D eigenvalue weighted by Gasteiger charge is 2.16. The van der Waals surface area contributed by atoms with E-state index in [4.69, 9.17) is 14.0 Å². The topological polar surface area (TPSA) is 89.4 Å². The number of carbonyl (C=O) groups is 1. The van der Waals surface area contributed by atoms with Gasteiger partial charge < -0.3 is 14.0 Å². The van der Waals surface area contributed by atoms with Crippen LogP contribution in [-0.2, 0) is 6.42 Å². The summed E-state index contributed by atoms with van der Waals surface area (Å²) in [5.41, 5.74) is 0. The van der Waals surface area contributed by atoms with Crippen molar-refractivity contribution in [3.05, 3.63) is 23.7 Å². The molecule has 78 valence electrons. The van der Waals surface area contributed by atoms with E-state index in [1.165, 1.54) is 0 Å². The van der Waals surface area contributed by atoms with Crippen LogP contribution in [0.15, 0.2) is 21.1 Å². The molecule has 6 nitrogen and oxygen atoms in total.